The van der Waals surface area contributed by atoms with E-state index in [0.717, 1.165) is 104 Å². The Labute approximate surface area is 445 Å². The molecule has 0 radical (unpaired) electrons. The molecule has 0 bridgehead atoms. The molecule has 4 N–H and O–H groups in total. The number of aromatic nitrogens is 4. The number of halogens is 3. The molecule has 10 rings (SSSR count). The Morgan fingerprint density at radius 3 is 1.48 bits per heavy atom. The van der Waals surface area contributed by atoms with E-state index < -0.39 is 23.4 Å². The van der Waals surface area contributed by atoms with E-state index >= 15 is 0 Å². The third-order valence-corrected chi connectivity index (χ3v) is 14.9. The van der Waals surface area contributed by atoms with Crippen molar-refractivity contribution < 1.29 is 28.0 Å². The van der Waals surface area contributed by atoms with Gasteiger partial charge in [0, 0.05) is 32.5 Å². The molecule has 396 valence electrons. The van der Waals surface area contributed by atoms with Crippen molar-refractivity contribution in [3.8, 4) is 11.4 Å². The van der Waals surface area contributed by atoms with Gasteiger partial charge in [-0.3, -0.25) is 19.2 Å². The minimum absolute atomic E-state index is 0. The Morgan fingerprint density at radius 1 is 0.627 bits per heavy atom. The van der Waals surface area contributed by atoms with Gasteiger partial charge in [-0.25, -0.2) is 18.1 Å². The molecule has 4 amide bonds. The van der Waals surface area contributed by atoms with Crippen LogP contribution in [0.5, 0.6) is 0 Å². The number of anilines is 2. The largest absolute Gasteiger partial charge is 0.336 e. The van der Waals surface area contributed by atoms with Crippen molar-refractivity contribution in [1.29, 1.82) is 0 Å². The van der Waals surface area contributed by atoms with Gasteiger partial charge in [-0.2, -0.15) is 10.2 Å². The highest BCUT2D eigenvalue weighted by molar-refractivity contribution is 6.04. The number of benzene rings is 4. The lowest BCUT2D eigenvalue weighted by atomic mass is 9.95. The topological polar surface area (TPSA) is 160 Å². The molecule has 4 aliphatic rings. The number of hydrogen-bond donors (Lipinski definition) is 3. The summed E-state index contributed by atoms with van der Waals surface area (Å²) in [6, 6.07) is 28.3. The summed E-state index contributed by atoms with van der Waals surface area (Å²) < 4.78 is 33.1. The SMILES string of the molecule is CCc1cccc(-n2nc(C)cc2C(=O)Nc2cc(C(CCC3CC3)N3CCCCC3=O)ccc2F)c1.Cc1cc(C(=O)Nc2cc(C(CCC3CC3)N3CCCCC3=O)ccc2F)n(-c2cccc(CN)c2)n1.Cl. The van der Waals surface area contributed by atoms with E-state index in [4.69, 9.17) is 5.73 Å². The van der Waals surface area contributed by atoms with E-state index in [1.807, 2.05) is 65.3 Å². The van der Waals surface area contributed by atoms with Gasteiger partial charge in [-0.15, -0.1) is 12.4 Å². The maximum absolute atomic E-state index is 15.0. The van der Waals surface area contributed by atoms with Crippen LogP contribution in [0.3, 0.4) is 0 Å². The van der Waals surface area contributed by atoms with Gasteiger partial charge in [-0.05, 0) is 166 Å². The van der Waals surface area contributed by atoms with E-state index in [0.29, 0.717) is 54.4 Å². The molecule has 2 aliphatic heterocycles. The van der Waals surface area contributed by atoms with Crippen LogP contribution < -0.4 is 16.4 Å². The summed E-state index contributed by atoms with van der Waals surface area (Å²) in [5.74, 6) is -0.132. The maximum Gasteiger partial charge on any atom is 0.274 e. The van der Waals surface area contributed by atoms with Gasteiger partial charge in [0.15, 0.2) is 0 Å². The molecule has 4 aromatic carbocycles. The number of amides is 4. The second-order valence-electron chi connectivity index (χ2n) is 20.6. The van der Waals surface area contributed by atoms with Crippen molar-refractivity contribution in [2.75, 3.05) is 23.7 Å². The number of nitrogens with one attached hydrogen (secondary N) is 2. The minimum atomic E-state index is -0.518. The van der Waals surface area contributed by atoms with Crippen molar-refractivity contribution in [1.82, 2.24) is 29.4 Å². The summed E-state index contributed by atoms with van der Waals surface area (Å²) in [5.41, 5.74) is 13.3. The number of nitrogens with two attached hydrogens (primary N) is 1. The molecule has 75 heavy (non-hydrogen) atoms. The first-order valence-corrected chi connectivity index (χ1v) is 26.7. The van der Waals surface area contributed by atoms with Gasteiger partial charge in [0.05, 0.1) is 46.2 Å². The third kappa shape index (κ3) is 13.6. The van der Waals surface area contributed by atoms with Crippen molar-refractivity contribution in [3.63, 3.8) is 0 Å². The van der Waals surface area contributed by atoms with Crippen LogP contribution in [0.15, 0.2) is 97.1 Å². The Balaban J connectivity index is 0.000000197. The molecule has 4 fully saturated rings. The Bertz CT molecular complexity index is 2800. The fraction of sp³-hybridized carbons (Fsp3) is 0.424. The van der Waals surface area contributed by atoms with Crippen LogP contribution in [0.1, 0.15) is 164 Å². The minimum Gasteiger partial charge on any atom is -0.336 e. The van der Waals surface area contributed by atoms with Crippen molar-refractivity contribution >= 4 is 47.4 Å². The highest BCUT2D eigenvalue weighted by atomic mass is 35.5. The van der Waals surface area contributed by atoms with Gasteiger partial charge >= 0.3 is 0 Å². The van der Waals surface area contributed by atoms with Crippen LogP contribution in [0.4, 0.5) is 20.2 Å². The molecule has 2 aliphatic carbocycles. The molecule has 2 atom stereocenters. The van der Waals surface area contributed by atoms with Crippen molar-refractivity contribution in [2.45, 2.75) is 136 Å². The van der Waals surface area contributed by atoms with Crippen LogP contribution in [-0.2, 0) is 22.6 Å². The van der Waals surface area contributed by atoms with E-state index in [1.54, 1.807) is 52.7 Å². The van der Waals surface area contributed by atoms with E-state index in [-0.39, 0.29) is 47.7 Å². The first-order chi connectivity index (χ1) is 35.8. The Kier molecular flexibility index (Phi) is 18.0. The third-order valence-electron chi connectivity index (χ3n) is 14.9. The first kappa shape index (κ1) is 54.5. The summed E-state index contributed by atoms with van der Waals surface area (Å²) in [5, 5.41) is 14.6. The lowest BCUT2D eigenvalue weighted by molar-refractivity contribution is -0.137. The van der Waals surface area contributed by atoms with Crippen molar-refractivity contribution in [3.05, 3.63) is 154 Å². The van der Waals surface area contributed by atoms with Gasteiger partial charge < -0.3 is 26.2 Å². The highest BCUT2D eigenvalue weighted by Crippen LogP contribution is 2.41. The zero-order chi connectivity index (χ0) is 51.9. The summed E-state index contributed by atoms with van der Waals surface area (Å²) in [7, 11) is 0. The van der Waals surface area contributed by atoms with Crippen LogP contribution in [-0.4, -0.2) is 66.1 Å². The lowest BCUT2D eigenvalue weighted by Crippen LogP contribution is -2.38. The van der Waals surface area contributed by atoms with Gasteiger partial charge in [0.25, 0.3) is 11.8 Å². The Hall–Kier alpha value is -6.71. The summed E-state index contributed by atoms with van der Waals surface area (Å²) >= 11 is 0. The predicted octanol–water partition coefficient (Wildman–Crippen LogP) is 12.1. The number of rotatable bonds is 18. The molecular formula is C59H70ClF2N9O4. The molecule has 2 saturated heterocycles. The average Bonchev–Trinajstić information content (AvgIpc) is 4.35. The van der Waals surface area contributed by atoms with Gasteiger partial charge in [-0.1, -0.05) is 69.0 Å². The molecule has 13 nitrogen and oxygen atoms in total. The zero-order valence-corrected chi connectivity index (χ0v) is 44.1. The lowest BCUT2D eigenvalue weighted by Gasteiger charge is -2.35. The first-order valence-electron chi connectivity index (χ1n) is 26.7. The predicted molar refractivity (Wildman–Crippen MR) is 290 cm³/mol. The number of hydrogen-bond acceptors (Lipinski definition) is 7. The molecule has 16 heteroatoms. The van der Waals surface area contributed by atoms with Crippen LogP contribution in [0.2, 0.25) is 0 Å². The van der Waals surface area contributed by atoms with Gasteiger partial charge in [0.1, 0.15) is 23.0 Å². The fourth-order valence-corrected chi connectivity index (χ4v) is 10.4. The molecule has 0 spiro atoms. The van der Waals surface area contributed by atoms with Crippen LogP contribution >= 0.6 is 12.4 Å². The quantitative estimate of drug-likeness (QED) is 0.0772. The van der Waals surface area contributed by atoms with Gasteiger partial charge in [0.2, 0.25) is 11.8 Å². The molecule has 2 aromatic heterocycles. The number of carbonyl (C=O) groups excluding carboxylic acids is 4. The number of likely N-dealkylation sites (tertiary alicyclic amines) is 2. The van der Waals surface area contributed by atoms with E-state index in [1.165, 1.54) is 37.8 Å². The molecule has 6 aromatic rings. The monoisotopic (exact) mass is 1040 g/mol. The normalized spacial score (nSPS) is 16.4. The molecule has 4 heterocycles. The summed E-state index contributed by atoms with van der Waals surface area (Å²) in [4.78, 5) is 56.2. The molecular weight excluding hydrogens is 972 g/mol. The number of piperidine rings is 2. The molecule has 2 saturated carbocycles. The second kappa shape index (κ2) is 24.8. The fourth-order valence-electron chi connectivity index (χ4n) is 10.4. The highest BCUT2D eigenvalue weighted by Gasteiger charge is 2.33. The maximum atomic E-state index is 15.0. The van der Waals surface area contributed by atoms with E-state index in [2.05, 4.69) is 27.8 Å². The zero-order valence-electron chi connectivity index (χ0n) is 43.3. The summed E-state index contributed by atoms with van der Waals surface area (Å²) in [6.45, 7) is 7.52. The Morgan fingerprint density at radius 2 is 1.07 bits per heavy atom. The van der Waals surface area contributed by atoms with E-state index in [9.17, 15) is 28.0 Å². The smallest absolute Gasteiger partial charge is 0.274 e. The van der Waals surface area contributed by atoms with Crippen molar-refractivity contribution in [2.24, 2.45) is 17.6 Å². The number of carbonyl (C=O) groups is 4. The standard InChI is InChI=1S/C30H35FN4O2.C29H34FN5O2.ClH/c1-3-21-7-6-8-24(18-21)35-28(17-20(2)33-35)30(37)32-26-19-23(13-14-25(26)31)27(15-12-22-10-11-22)34-16-5-4-9-29(34)36;1-19-15-27(35(33-19)23-6-4-5-21(16-23)18-31)29(37)32-25-17-22(11-12-24(25)30)26(13-10-20-8-9-20)34-14-3-2-7-28(34)36;/h6-8,13-14,17-19,22,27H,3-5,9-12,15-16H2,1-2H3,(H,32,37);4-6,11-12,15-17,20,26H,2-3,7-10,13-14,18,31H2,1H3,(H,32,37);1H. The second-order valence-corrected chi connectivity index (χ2v) is 20.6. The van der Waals surface area contributed by atoms with Crippen LogP contribution in [0.25, 0.3) is 11.4 Å². The summed E-state index contributed by atoms with van der Waals surface area (Å²) in [6.07, 6.45) is 14.6. The molecule has 2 unspecified atom stereocenters. The average molecular weight is 1040 g/mol. The van der Waals surface area contributed by atoms with Crippen LogP contribution in [0, 0.1) is 37.3 Å². The number of aryl methyl sites for hydroxylation is 3. The number of nitrogens with zero attached hydrogens (tertiary/aromatic N) is 6.